The lowest BCUT2D eigenvalue weighted by Gasteiger charge is -2.25. The summed E-state index contributed by atoms with van der Waals surface area (Å²) in [7, 11) is 4.67. The third-order valence-electron chi connectivity index (χ3n) is 7.11. The maximum absolute atomic E-state index is 14.1. The normalized spacial score (nSPS) is 14.3. The van der Waals surface area contributed by atoms with Crippen LogP contribution in [0.5, 0.6) is 28.7 Å². The number of esters is 1. The molecular formula is C34H34N2O8S. The lowest BCUT2D eigenvalue weighted by molar-refractivity contribution is -0.139. The number of carbonyl (C=O) groups excluding carboxylic acids is 1. The van der Waals surface area contributed by atoms with Crippen LogP contribution in [0.25, 0.3) is 6.08 Å². The fraction of sp³-hybridized carbons (Fsp3) is 0.265. The fourth-order valence-electron chi connectivity index (χ4n) is 5.04. The number of hydrogen-bond acceptors (Lipinski definition) is 10. The van der Waals surface area contributed by atoms with Crippen molar-refractivity contribution < 1.29 is 33.2 Å². The van der Waals surface area contributed by atoms with Gasteiger partial charge in [-0.15, -0.1) is 0 Å². The number of methoxy groups -OCH3 is 3. The number of allylic oxidation sites excluding steroid dienone is 1. The highest BCUT2D eigenvalue weighted by Gasteiger charge is 2.34. The molecule has 0 N–H and O–H groups in total. The van der Waals surface area contributed by atoms with E-state index in [4.69, 9.17) is 28.4 Å². The number of hydrogen-bond donors (Lipinski definition) is 0. The first-order valence-corrected chi connectivity index (χ1v) is 15.1. The van der Waals surface area contributed by atoms with Crippen molar-refractivity contribution in [2.75, 3.05) is 41.2 Å². The van der Waals surface area contributed by atoms with E-state index in [1.807, 2.05) is 48.5 Å². The van der Waals surface area contributed by atoms with Gasteiger partial charge in [-0.25, -0.2) is 9.79 Å². The van der Waals surface area contributed by atoms with Crippen molar-refractivity contribution in [2.45, 2.75) is 19.9 Å². The van der Waals surface area contributed by atoms with Gasteiger partial charge in [-0.2, -0.15) is 0 Å². The van der Waals surface area contributed by atoms with Crippen LogP contribution < -0.4 is 38.6 Å². The topological polar surface area (TPSA) is 107 Å². The van der Waals surface area contributed by atoms with Gasteiger partial charge in [0.1, 0.15) is 19.0 Å². The van der Waals surface area contributed by atoms with Crippen LogP contribution in [-0.4, -0.2) is 51.7 Å². The van der Waals surface area contributed by atoms with E-state index in [0.717, 1.165) is 0 Å². The third-order valence-corrected chi connectivity index (χ3v) is 8.10. The predicted molar refractivity (Wildman–Crippen MR) is 170 cm³/mol. The number of para-hydroxylation sites is 3. The van der Waals surface area contributed by atoms with Crippen LogP contribution in [0.4, 0.5) is 0 Å². The summed E-state index contributed by atoms with van der Waals surface area (Å²) in [6.07, 6.45) is 1.77. The first-order chi connectivity index (χ1) is 21.9. The molecule has 0 bridgehead atoms. The maximum Gasteiger partial charge on any atom is 0.338 e. The zero-order chi connectivity index (χ0) is 31.9. The molecule has 11 heteroatoms. The van der Waals surface area contributed by atoms with Gasteiger partial charge < -0.3 is 28.4 Å². The second-order valence-corrected chi connectivity index (χ2v) is 10.8. The molecule has 0 amide bonds. The highest BCUT2D eigenvalue weighted by atomic mass is 32.1. The predicted octanol–water partition coefficient (Wildman–Crippen LogP) is 4.28. The molecule has 4 aromatic rings. The summed E-state index contributed by atoms with van der Waals surface area (Å²) in [5.74, 6) is 2.31. The molecule has 0 saturated heterocycles. The Bertz CT molecular complexity index is 1910. The van der Waals surface area contributed by atoms with Crippen molar-refractivity contribution >= 4 is 23.4 Å². The number of carbonyl (C=O) groups is 1. The molecule has 0 aliphatic carbocycles. The van der Waals surface area contributed by atoms with E-state index in [0.29, 0.717) is 54.9 Å². The summed E-state index contributed by atoms with van der Waals surface area (Å²) in [6.45, 7) is 4.22. The van der Waals surface area contributed by atoms with Crippen molar-refractivity contribution in [3.05, 3.63) is 109 Å². The first kappa shape index (κ1) is 31.4. The second kappa shape index (κ2) is 14.2. The molecule has 2 heterocycles. The Hall–Kier alpha value is -5.03. The summed E-state index contributed by atoms with van der Waals surface area (Å²) in [4.78, 5) is 32.4. The van der Waals surface area contributed by atoms with E-state index in [1.165, 1.54) is 23.0 Å². The molecular weight excluding hydrogens is 596 g/mol. The van der Waals surface area contributed by atoms with E-state index < -0.39 is 12.0 Å². The standard InChI is InChI=1S/C34H34N2O8S/c1-6-42-33(38)30-21(2)35-34-36(31(30)23-15-16-26(40-4)28(19-23)41-5)32(37)29(45-34)20-22-11-7-8-12-24(22)43-17-18-44-27-14-10-9-13-25(27)39-3/h7-16,19-20,31H,6,17-18H2,1-5H3/t31-/m1/s1. The Morgan fingerprint density at radius 3 is 2.18 bits per heavy atom. The van der Waals surface area contributed by atoms with Crippen LogP contribution in [0.2, 0.25) is 0 Å². The highest BCUT2D eigenvalue weighted by molar-refractivity contribution is 7.07. The van der Waals surface area contributed by atoms with Crippen LogP contribution in [0.1, 0.15) is 31.0 Å². The SMILES string of the molecule is CCOC(=O)C1=C(C)N=c2sc(=Cc3ccccc3OCCOc3ccccc3OC)c(=O)n2[C@@H]1c1ccc(OC)c(OC)c1. The zero-order valence-electron chi connectivity index (χ0n) is 25.7. The molecule has 0 radical (unpaired) electrons. The van der Waals surface area contributed by atoms with Gasteiger partial charge in [0, 0.05) is 5.56 Å². The number of ether oxygens (including phenoxy) is 6. The summed E-state index contributed by atoms with van der Waals surface area (Å²) < 4.78 is 35.5. The number of nitrogens with zero attached hydrogens (tertiary/aromatic N) is 2. The van der Waals surface area contributed by atoms with Crippen molar-refractivity contribution in [3.8, 4) is 28.7 Å². The van der Waals surface area contributed by atoms with Gasteiger partial charge >= 0.3 is 5.97 Å². The number of thiazole rings is 1. The minimum atomic E-state index is -0.791. The summed E-state index contributed by atoms with van der Waals surface area (Å²) in [6, 6.07) is 19.4. The Balaban J connectivity index is 1.51. The zero-order valence-corrected chi connectivity index (χ0v) is 26.5. The highest BCUT2D eigenvalue weighted by Crippen LogP contribution is 2.36. The van der Waals surface area contributed by atoms with Gasteiger partial charge in [0.2, 0.25) is 0 Å². The molecule has 0 saturated carbocycles. The van der Waals surface area contributed by atoms with Gasteiger partial charge in [-0.1, -0.05) is 47.7 Å². The van der Waals surface area contributed by atoms with Gasteiger partial charge in [-0.3, -0.25) is 9.36 Å². The molecule has 10 nitrogen and oxygen atoms in total. The Kier molecular flexibility index (Phi) is 9.89. The lowest BCUT2D eigenvalue weighted by Crippen LogP contribution is -2.40. The molecule has 45 heavy (non-hydrogen) atoms. The maximum atomic E-state index is 14.1. The third kappa shape index (κ3) is 6.58. The smallest absolute Gasteiger partial charge is 0.338 e. The van der Waals surface area contributed by atoms with Gasteiger partial charge in [-0.05, 0) is 55.8 Å². The molecule has 3 aromatic carbocycles. The average Bonchev–Trinajstić information content (AvgIpc) is 3.36. The number of rotatable bonds is 12. The minimum absolute atomic E-state index is 0.180. The molecule has 1 aliphatic rings. The average molecular weight is 631 g/mol. The summed E-state index contributed by atoms with van der Waals surface area (Å²) in [5.41, 5.74) is 1.81. The second-order valence-electron chi connectivity index (χ2n) is 9.80. The van der Waals surface area contributed by atoms with Gasteiger partial charge in [0.05, 0.1) is 49.8 Å². The van der Waals surface area contributed by atoms with E-state index in [1.54, 1.807) is 52.3 Å². The van der Waals surface area contributed by atoms with Crippen molar-refractivity contribution in [2.24, 2.45) is 4.99 Å². The number of aromatic nitrogens is 1. The lowest BCUT2D eigenvalue weighted by atomic mass is 9.95. The molecule has 234 valence electrons. The Morgan fingerprint density at radius 2 is 1.49 bits per heavy atom. The van der Waals surface area contributed by atoms with Crippen LogP contribution in [0.15, 0.2) is 87.8 Å². The molecule has 1 aliphatic heterocycles. The summed E-state index contributed by atoms with van der Waals surface area (Å²) >= 11 is 1.23. The molecule has 1 aromatic heterocycles. The van der Waals surface area contributed by atoms with E-state index in [2.05, 4.69) is 4.99 Å². The number of benzene rings is 3. The minimum Gasteiger partial charge on any atom is -0.493 e. The largest absolute Gasteiger partial charge is 0.493 e. The summed E-state index contributed by atoms with van der Waals surface area (Å²) in [5, 5.41) is 0. The monoisotopic (exact) mass is 630 g/mol. The molecule has 5 rings (SSSR count). The van der Waals surface area contributed by atoms with Crippen LogP contribution in [-0.2, 0) is 9.53 Å². The molecule has 0 unspecified atom stereocenters. The van der Waals surface area contributed by atoms with Crippen LogP contribution >= 0.6 is 11.3 Å². The van der Waals surface area contributed by atoms with Crippen LogP contribution in [0, 0.1) is 0 Å². The fourth-order valence-corrected chi connectivity index (χ4v) is 6.08. The quantitative estimate of drug-likeness (QED) is 0.169. The van der Waals surface area contributed by atoms with Gasteiger partial charge in [0.15, 0.2) is 27.8 Å². The van der Waals surface area contributed by atoms with Crippen molar-refractivity contribution in [3.63, 3.8) is 0 Å². The van der Waals surface area contributed by atoms with Gasteiger partial charge in [0.25, 0.3) is 5.56 Å². The molecule has 1 atom stereocenters. The van der Waals surface area contributed by atoms with E-state index in [9.17, 15) is 9.59 Å². The molecule has 0 fully saturated rings. The Labute approximate surface area is 264 Å². The van der Waals surface area contributed by atoms with E-state index >= 15 is 0 Å². The first-order valence-electron chi connectivity index (χ1n) is 14.3. The molecule has 0 spiro atoms. The van der Waals surface area contributed by atoms with E-state index in [-0.39, 0.29) is 31.0 Å². The van der Waals surface area contributed by atoms with Crippen LogP contribution in [0.3, 0.4) is 0 Å². The van der Waals surface area contributed by atoms with Crippen molar-refractivity contribution in [1.29, 1.82) is 0 Å². The van der Waals surface area contributed by atoms with Crippen molar-refractivity contribution in [1.82, 2.24) is 4.57 Å². The Morgan fingerprint density at radius 1 is 0.867 bits per heavy atom. The number of fused-ring (bicyclic) bond motifs is 1.